The van der Waals surface area contributed by atoms with Gasteiger partial charge >= 0.3 is 6.03 Å². The fourth-order valence-electron chi connectivity index (χ4n) is 5.00. The van der Waals surface area contributed by atoms with E-state index in [1.807, 2.05) is 23.5 Å². The summed E-state index contributed by atoms with van der Waals surface area (Å²) >= 11 is 1.84. The second kappa shape index (κ2) is 8.64. The van der Waals surface area contributed by atoms with Gasteiger partial charge < -0.3 is 4.90 Å². The summed E-state index contributed by atoms with van der Waals surface area (Å²) in [6.45, 7) is 3.01. The van der Waals surface area contributed by atoms with E-state index in [2.05, 4.69) is 40.2 Å². The van der Waals surface area contributed by atoms with E-state index in [1.54, 1.807) is 24.3 Å². The number of aryl methyl sites for hydroxylation is 1. The molecule has 0 N–H and O–H groups in total. The fourth-order valence-corrected chi connectivity index (χ4v) is 6.11. The lowest BCUT2D eigenvalue weighted by atomic mass is 9.86. The summed E-state index contributed by atoms with van der Waals surface area (Å²) in [5, 5.41) is 1.29. The van der Waals surface area contributed by atoms with Crippen LogP contribution in [-0.4, -0.2) is 63.8 Å². The molecule has 1 spiro atoms. The predicted molar refractivity (Wildman–Crippen MR) is 126 cm³/mol. The molecule has 5 rings (SSSR count). The van der Waals surface area contributed by atoms with Gasteiger partial charge in [0.05, 0.1) is 0 Å². The summed E-state index contributed by atoms with van der Waals surface area (Å²) in [6, 6.07) is 14.5. The van der Waals surface area contributed by atoms with E-state index in [0.717, 1.165) is 32.5 Å². The molecule has 1 aromatic carbocycles. The number of likely N-dealkylation sites (tertiary alicyclic amines) is 1. The van der Waals surface area contributed by atoms with Gasteiger partial charge in [-0.05, 0) is 60.9 Å². The van der Waals surface area contributed by atoms with E-state index in [9.17, 15) is 9.59 Å². The molecule has 0 bridgehead atoms. The van der Waals surface area contributed by atoms with E-state index < -0.39 is 5.54 Å². The summed E-state index contributed by atoms with van der Waals surface area (Å²) in [7, 11) is 1.80. The number of carbonyl (C=O) groups excluding carboxylic acids is 2. The molecule has 2 aliphatic rings. The number of aromatic nitrogens is 1. The van der Waals surface area contributed by atoms with E-state index >= 15 is 0 Å². The zero-order valence-electron chi connectivity index (χ0n) is 18.4. The Kier molecular flexibility index (Phi) is 5.69. The van der Waals surface area contributed by atoms with Crippen molar-refractivity contribution in [3.8, 4) is 0 Å². The maximum absolute atomic E-state index is 13.4. The SMILES string of the molecule is CN1C(=O)N(CCCc2ccncc2)C(=O)C12CCN(Cc1cc3ccccc3s1)CC2. The number of imide groups is 1. The van der Waals surface area contributed by atoms with Crippen LogP contribution in [0.3, 0.4) is 0 Å². The zero-order chi connectivity index (χ0) is 22.1. The molecule has 3 amide bonds. The van der Waals surface area contributed by atoms with Gasteiger partial charge in [-0.1, -0.05) is 18.2 Å². The Labute approximate surface area is 192 Å². The lowest BCUT2D eigenvalue weighted by Gasteiger charge is -2.40. The van der Waals surface area contributed by atoms with Gasteiger partial charge in [0, 0.05) is 55.2 Å². The van der Waals surface area contributed by atoms with Crippen molar-refractivity contribution >= 4 is 33.4 Å². The Bertz CT molecular complexity index is 1090. The van der Waals surface area contributed by atoms with Gasteiger partial charge in [0.1, 0.15) is 5.54 Å². The number of rotatable bonds is 6. The third-order valence-corrected chi connectivity index (χ3v) is 8.04. The highest BCUT2D eigenvalue weighted by atomic mass is 32.1. The molecular weight excluding hydrogens is 420 g/mol. The van der Waals surface area contributed by atoms with Gasteiger partial charge in [-0.2, -0.15) is 0 Å². The van der Waals surface area contributed by atoms with Crippen LogP contribution >= 0.6 is 11.3 Å². The number of urea groups is 1. The third-order valence-electron chi connectivity index (χ3n) is 6.94. The minimum Gasteiger partial charge on any atom is -0.312 e. The number of hydrogen-bond donors (Lipinski definition) is 0. The maximum atomic E-state index is 13.4. The summed E-state index contributed by atoms with van der Waals surface area (Å²) in [4.78, 5) is 37.3. The first-order valence-corrected chi connectivity index (χ1v) is 12.1. The smallest absolute Gasteiger partial charge is 0.312 e. The van der Waals surface area contributed by atoms with Crippen LogP contribution in [0, 0.1) is 0 Å². The van der Waals surface area contributed by atoms with E-state index in [0.29, 0.717) is 19.4 Å². The Morgan fingerprint density at radius 3 is 2.56 bits per heavy atom. The Morgan fingerprint density at radius 1 is 1.06 bits per heavy atom. The van der Waals surface area contributed by atoms with Gasteiger partial charge in [-0.3, -0.25) is 19.6 Å². The van der Waals surface area contributed by atoms with Crippen molar-refractivity contribution in [3.63, 3.8) is 0 Å². The molecule has 7 heteroatoms. The Balaban J connectivity index is 1.20. The summed E-state index contributed by atoms with van der Waals surface area (Å²) < 4.78 is 1.31. The predicted octanol–water partition coefficient (Wildman–Crippen LogP) is 4.16. The molecule has 0 unspecified atom stereocenters. The van der Waals surface area contributed by atoms with Gasteiger partial charge in [-0.15, -0.1) is 11.3 Å². The van der Waals surface area contributed by atoms with Crippen molar-refractivity contribution in [2.45, 2.75) is 37.8 Å². The first-order valence-electron chi connectivity index (χ1n) is 11.3. The molecule has 2 aliphatic heterocycles. The molecule has 2 fully saturated rings. The highest BCUT2D eigenvalue weighted by Gasteiger charge is 2.56. The van der Waals surface area contributed by atoms with Gasteiger partial charge in [0.2, 0.25) is 0 Å². The summed E-state index contributed by atoms with van der Waals surface area (Å²) in [5.74, 6) is -0.0127. The van der Waals surface area contributed by atoms with Crippen LogP contribution in [0.1, 0.15) is 29.7 Å². The second-order valence-corrected chi connectivity index (χ2v) is 9.98. The number of carbonyl (C=O) groups is 2. The molecule has 0 aliphatic carbocycles. The van der Waals surface area contributed by atoms with Gasteiger partial charge in [-0.25, -0.2) is 4.79 Å². The van der Waals surface area contributed by atoms with Crippen molar-refractivity contribution in [3.05, 3.63) is 65.3 Å². The summed E-state index contributed by atoms with van der Waals surface area (Å²) in [5.41, 5.74) is 0.501. The van der Waals surface area contributed by atoms with Crippen LogP contribution in [0.5, 0.6) is 0 Å². The molecule has 0 atom stereocenters. The zero-order valence-corrected chi connectivity index (χ0v) is 19.2. The average Bonchev–Trinajstić information content (AvgIpc) is 3.30. The number of hydrogen-bond acceptors (Lipinski definition) is 5. The van der Waals surface area contributed by atoms with Crippen molar-refractivity contribution in [2.24, 2.45) is 0 Å². The van der Waals surface area contributed by atoms with Crippen LogP contribution in [0.25, 0.3) is 10.1 Å². The largest absolute Gasteiger partial charge is 0.327 e. The van der Waals surface area contributed by atoms with Crippen LogP contribution < -0.4 is 0 Å². The monoisotopic (exact) mass is 448 g/mol. The van der Waals surface area contributed by atoms with Gasteiger partial charge in [0.15, 0.2) is 0 Å². The van der Waals surface area contributed by atoms with Crippen LogP contribution in [-0.2, 0) is 17.8 Å². The van der Waals surface area contributed by atoms with Crippen LogP contribution in [0.15, 0.2) is 54.9 Å². The number of nitrogens with zero attached hydrogens (tertiary/aromatic N) is 4. The number of benzene rings is 1. The molecule has 2 saturated heterocycles. The fraction of sp³-hybridized carbons (Fsp3) is 0.400. The first kappa shape index (κ1) is 21.1. The quantitative estimate of drug-likeness (QED) is 0.532. The molecule has 166 valence electrons. The highest BCUT2D eigenvalue weighted by Crippen LogP contribution is 2.37. The van der Waals surface area contributed by atoms with Crippen molar-refractivity contribution < 1.29 is 9.59 Å². The molecule has 3 aromatic rings. The summed E-state index contributed by atoms with van der Waals surface area (Å²) in [6.07, 6.45) is 6.54. The number of likely N-dealkylation sites (N-methyl/N-ethyl adjacent to an activating group) is 1. The van der Waals surface area contributed by atoms with Crippen molar-refractivity contribution in [1.29, 1.82) is 0 Å². The second-order valence-electron chi connectivity index (χ2n) is 8.82. The van der Waals surface area contributed by atoms with E-state index in [4.69, 9.17) is 0 Å². The topological polar surface area (TPSA) is 56.8 Å². The number of pyridine rings is 1. The average molecular weight is 449 g/mol. The maximum Gasteiger partial charge on any atom is 0.327 e. The first-order chi connectivity index (χ1) is 15.6. The Morgan fingerprint density at radius 2 is 1.81 bits per heavy atom. The number of amides is 3. The molecule has 0 radical (unpaired) electrons. The lowest BCUT2D eigenvalue weighted by molar-refractivity contribution is -0.135. The third kappa shape index (κ3) is 3.80. The minimum atomic E-state index is -0.676. The standard InChI is InChI=1S/C25H28N4O2S/c1-27-24(31)29(14-4-5-19-8-12-26-13-9-19)23(30)25(27)10-15-28(16-11-25)18-21-17-20-6-2-3-7-22(20)32-21/h2-3,6-9,12-13,17H,4-5,10-11,14-16,18H2,1H3. The molecular formula is C25H28N4O2S. The van der Waals surface area contributed by atoms with Crippen LogP contribution in [0.4, 0.5) is 4.79 Å². The van der Waals surface area contributed by atoms with E-state index in [1.165, 1.54) is 25.4 Å². The van der Waals surface area contributed by atoms with Gasteiger partial charge in [0.25, 0.3) is 5.91 Å². The van der Waals surface area contributed by atoms with Crippen LogP contribution in [0.2, 0.25) is 0 Å². The molecule has 6 nitrogen and oxygen atoms in total. The molecule has 4 heterocycles. The highest BCUT2D eigenvalue weighted by molar-refractivity contribution is 7.19. The molecule has 2 aromatic heterocycles. The normalized spacial score (nSPS) is 18.9. The lowest BCUT2D eigenvalue weighted by Crippen LogP contribution is -2.55. The number of thiophene rings is 1. The Hall–Kier alpha value is -2.77. The number of fused-ring (bicyclic) bond motifs is 1. The van der Waals surface area contributed by atoms with Crippen molar-refractivity contribution in [2.75, 3.05) is 26.7 Å². The molecule has 0 saturated carbocycles. The van der Waals surface area contributed by atoms with E-state index in [-0.39, 0.29) is 11.9 Å². The van der Waals surface area contributed by atoms with Crippen molar-refractivity contribution in [1.82, 2.24) is 19.7 Å². The molecule has 32 heavy (non-hydrogen) atoms. The number of piperidine rings is 1. The minimum absolute atomic E-state index is 0.0127.